The summed E-state index contributed by atoms with van der Waals surface area (Å²) in [4.78, 5) is 0. The molecule has 0 saturated carbocycles. The van der Waals surface area contributed by atoms with Crippen LogP contribution >= 0.6 is 0 Å². The Kier molecular flexibility index (Phi) is 54.4. The molecule has 0 radical (unpaired) electrons. The van der Waals surface area contributed by atoms with Gasteiger partial charge in [0.25, 0.3) is 0 Å². The molecule has 0 aliphatic rings. The highest BCUT2D eigenvalue weighted by Gasteiger charge is 1.75. The molecule has 0 unspecified atom stereocenters. The fourth-order valence-corrected chi connectivity index (χ4v) is 0.750. The van der Waals surface area contributed by atoms with Gasteiger partial charge in [-0.15, -0.1) is 0 Å². The van der Waals surface area contributed by atoms with Crippen molar-refractivity contribution < 1.29 is 10.2 Å². The van der Waals surface area contributed by atoms with Gasteiger partial charge in [0.1, 0.15) is 0 Å². The van der Waals surface area contributed by atoms with E-state index in [0.717, 1.165) is 20.2 Å². The maximum atomic E-state index is 8.06. The minimum Gasteiger partial charge on any atom is -0.400 e. The van der Waals surface area contributed by atoms with Crippen molar-refractivity contribution in [1.82, 2.24) is 5.32 Å². The molecule has 0 aliphatic carbocycles. The van der Waals surface area contributed by atoms with E-state index in [-0.39, 0.29) is 6.10 Å². The van der Waals surface area contributed by atoms with Crippen LogP contribution in [0.15, 0.2) is 0 Å². The maximum Gasteiger partial charge on any atom is 0.0483 e. The highest BCUT2D eigenvalue weighted by Crippen LogP contribution is 1.95. The monoisotopic (exact) mass is 251 g/mol. The van der Waals surface area contributed by atoms with E-state index in [4.69, 9.17) is 10.2 Å². The van der Waals surface area contributed by atoms with Crippen LogP contribution in [0, 0.1) is 0 Å². The zero-order valence-electron chi connectivity index (χ0n) is 13.2. The molecule has 17 heavy (non-hydrogen) atoms. The van der Waals surface area contributed by atoms with Gasteiger partial charge in [-0.2, -0.15) is 0 Å². The molecule has 0 rings (SSSR count). The Bertz CT molecular complexity index is 69.9. The third-order valence-corrected chi connectivity index (χ3v) is 1.46. The van der Waals surface area contributed by atoms with Gasteiger partial charge in [0.15, 0.2) is 0 Å². The van der Waals surface area contributed by atoms with E-state index in [1.165, 1.54) is 25.7 Å². The lowest BCUT2D eigenvalue weighted by molar-refractivity contribution is 0.216. The van der Waals surface area contributed by atoms with E-state index in [1.54, 1.807) is 13.8 Å². The van der Waals surface area contributed by atoms with Crippen LogP contribution in [0.1, 0.15) is 67.2 Å². The Hall–Kier alpha value is -0.120. The van der Waals surface area contributed by atoms with Crippen molar-refractivity contribution in [3.8, 4) is 0 Å². The Labute approximate surface area is 110 Å². The Morgan fingerprint density at radius 2 is 1.06 bits per heavy atom. The number of unbranched alkanes of at least 4 members (excludes halogenated alkanes) is 3. The van der Waals surface area contributed by atoms with Crippen molar-refractivity contribution in [2.45, 2.75) is 73.3 Å². The lowest BCUT2D eigenvalue weighted by atomic mass is 10.2. The summed E-state index contributed by atoms with van der Waals surface area (Å²) in [6.45, 7) is 14.3. The van der Waals surface area contributed by atoms with Gasteiger partial charge >= 0.3 is 0 Å². The third kappa shape index (κ3) is 128. The molecule has 0 aromatic rings. The van der Waals surface area contributed by atoms with E-state index in [0.29, 0.717) is 0 Å². The number of aliphatic hydroxyl groups is 2. The molecular weight excluding hydrogens is 214 g/mol. The second-order valence-electron chi connectivity index (χ2n) is 3.76. The van der Waals surface area contributed by atoms with Gasteiger partial charge in [-0.05, 0) is 26.9 Å². The molecule has 0 spiro atoms. The van der Waals surface area contributed by atoms with Gasteiger partial charge < -0.3 is 15.5 Å². The van der Waals surface area contributed by atoms with Gasteiger partial charge in [-0.3, -0.25) is 0 Å². The Morgan fingerprint density at radius 1 is 0.824 bits per heavy atom. The second-order valence-corrected chi connectivity index (χ2v) is 3.76. The minimum absolute atomic E-state index is 0.167. The maximum absolute atomic E-state index is 8.06. The normalized spacial score (nSPS) is 8.12. The van der Waals surface area contributed by atoms with Crippen LogP contribution in [0.3, 0.4) is 0 Å². The van der Waals surface area contributed by atoms with Crippen molar-refractivity contribution in [3.63, 3.8) is 0 Å². The highest BCUT2D eigenvalue weighted by molar-refractivity contribution is 4.31. The number of rotatable bonds is 5. The van der Waals surface area contributed by atoms with Gasteiger partial charge in [-0.25, -0.2) is 0 Å². The van der Waals surface area contributed by atoms with Gasteiger partial charge in [0.2, 0.25) is 0 Å². The van der Waals surface area contributed by atoms with Crippen LogP contribution in [0.25, 0.3) is 0 Å². The average molecular weight is 251 g/mol. The van der Waals surface area contributed by atoms with Crippen molar-refractivity contribution in [3.05, 3.63) is 0 Å². The Morgan fingerprint density at radius 3 is 1.12 bits per heavy atom. The molecule has 0 bridgehead atoms. The summed E-state index contributed by atoms with van der Waals surface area (Å²) < 4.78 is 0. The smallest absolute Gasteiger partial charge is 0.0483 e. The van der Waals surface area contributed by atoms with Crippen molar-refractivity contribution in [2.75, 3.05) is 20.2 Å². The molecule has 0 fully saturated rings. The lowest BCUT2D eigenvalue weighted by Crippen LogP contribution is -2.09. The summed E-state index contributed by atoms with van der Waals surface area (Å²) in [6.07, 6.45) is 5.37. The van der Waals surface area contributed by atoms with E-state index >= 15 is 0 Å². The fraction of sp³-hybridized carbons (Fsp3) is 1.00. The van der Waals surface area contributed by atoms with E-state index in [1.807, 2.05) is 0 Å². The number of nitrogens with one attached hydrogen (secondary N) is 1. The largest absolute Gasteiger partial charge is 0.400 e. The van der Waals surface area contributed by atoms with E-state index < -0.39 is 0 Å². The molecule has 0 heterocycles. The zero-order chi connectivity index (χ0) is 14.5. The van der Waals surface area contributed by atoms with E-state index in [2.05, 4.69) is 33.0 Å². The molecule has 0 aromatic carbocycles. The molecule has 3 nitrogen and oxygen atoms in total. The Balaban J connectivity index is -0.0000000705. The SMILES string of the molecule is CC(C)O.CCCCCC.CCNCC.CO. The highest BCUT2D eigenvalue weighted by atomic mass is 16.3. The van der Waals surface area contributed by atoms with Crippen LogP contribution in [-0.2, 0) is 0 Å². The second kappa shape index (κ2) is 36.0. The fourth-order valence-electron chi connectivity index (χ4n) is 0.750. The van der Waals surface area contributed by atoms with Gasteiger partial charge in [0.05, 0.1) is 0 Å². The molecule has 3 heteroatoms. The number of hydrogen-bond donors (Lipinski definition) is 3. The first-order valence-electron chi connectivity index (χ1n) is 6.90. The summed E-state index contributed by atoms with van der Waals surface area (Å²) in [5, 5.41) is 18.2. The third-order valence-electron chi connectivity index (χ3n) is 1.46. The summed E-state index contributed by atoms with van der Waals surface area (Å²) >= 11 is 0. The van der Waals surface area contributed by atoms with Crippen LogP contribution in [-0.4, -0.2) is 36.5 Å². The zero-order valence-corrected chi connectivity index (χ0v) is 13.2. The van der Waals surface area contributed by atoms with E-state index in [9.17, 15) is 0 Å². The van der Waals surface area contributed by atoms with Crippen LogP contribution in [0.2, 0.25) is 0 Å². The minimum atomic E-state index is -0.167. The average Bonchev–Trinajstić information content (AvgIpc) is 2.30. The molecule has 110 valence electrons. The van der Waals surface area contributed by atoms with Crippen LogP contribution in [0.5, 0.6) is 0 Å². The molecule has 0 atom stereocenters. The molecular formula is C14H37NO2. The first-order valence-corrected chi connectivity index (χ1v) is 6.90. The van der Waals surface area contributed by atoms with Crippen LogP contribution < -0.4 is 5.32 Å². The predicted molar refractivity (Wildman–Crippen MR) is 79.5 cm³/mol. The number of hydrogen-bond acceptors (Lipinski definition) is 3. The van der Waals surface area contributed by atoms with Crippen molar-refractivity contribution in [1.29, 1.82) is 0 Å². The summed E-state index contributed by atoms with van der Waals surface area (Å²) in [7, 11) is 1.00. The predicted octanol–water partition coefficient (Wildman–Crippen LogP) is 3.20. The summed E-state index contributed by atoms with van der Waals surface area (Å²) in [5.41, 5.74) is 0. The molecule has 0 saturated heterocycles. The first-order chi connectivity index (χ1) is 8.06. The molecule has 0 aliphatic heterocycles. The van der Waals surface area contributed by atoms with Gasteiger partial charge in [-0.1, -0.05) is 53.4 Å². The molecule has 3 N–H and O–H groups in total. The first kappa shape index (κ1) is 25.7. The lowest BCUT2D eigenvalue weighted by Gasteiger charge is -1.86. The molecule has 0 amide bonds. The number of aliphatic hydroxyl groups excluding tert-OH is 2. The molecule has 0 aromatic heterocycles. The summed E-state index contributed by atoms with van der Waals surface area (Å²) in [5.74, 6) is 0. The quantitative estimate of drug-likeness (QED) is 0.658. The summed E-state index contributed by atoms with van der Waals surface area (Å²) in [6, 6.07) is 0. The van der Waals surface area contributed by atoms with Crippen molar-refractivity contribution >= 4 is 0 Å². The van der Waals surface area contributed by atoms with Crippen LogP contribution in [0.4, 0.5) is 0 Å². The standard InChI is InChI=1S/C6H14.C4H11N.C3H8O.CH4O/c1-3-5-6-4-2;1-3-5-4-2;1-3(2)4;1-2/h3-6H2,1-2H3;5H,3-4H2,1-2H3;3-4H,1-2H3;2H,1H3. The topological polar surface area (TPSA) is 52.5 Å². The van der Waals surface area contributed by atoms with Gasteiger partial charge in [0, 0.05) is 13.2 Å². The van der Waals surface area contributed by atoms with Crippen molar-refractivity contribution in [2.24, 2.45) is 0 Å².